The molecule has 6 atom stereocenters. The van der Waals surface area contributed by atoms with Crippen LogP contribution in [0.1, 0.15) is 33.3 Å². The Balaban J connectivity index is 2.41. The van der Waals surface area contributed by atoms with Gasteiger partial charge in [-0.15, -0.1) is 0 Å². The van der Waals surface area contributed by atoms with Crippen molar-refractivity contribution >= 4 is 23.9 Å². The minimum Gasteiger partial charge on any atom is -0.462 e. The van der Waals surface area contributed by atoms with Gasteiger partial charge in [-0.05, 0) is 5.56 Å². The Hall–Kier alpha value is -3.02. The van der Waals surface area contributed by atoms with Gasteiger partial charge in [0.25, 0.3) is 0 Å². The number of rotatable bonds is 9. The molecule has 1 aromatic carbocycles. The van der Waals surface area contributed by atoms with Gasteiger partial charge in [0.05, 0.1) is 6.61 Å². The molecule has 1 fully saturated rings. The average Bonchev–Trinajstić information content (AvgIpc) is 2.72. The first kappa shape index (κ1) is 26.2. The number of carbonyl (C=O) groups excluding carboxylic acids is 4. The van der Waals surface area contributed by atoms with Gasteiger partial charge in [0.1, 0.15) is 18.8 Å². The summed E-state index contributed by atoms with van der Waals surface area (Å²) in [5, 5.41) is 10.6. The van der Waals surface area contributed by atoms with Crippen LogP contribution < -0.4 is 0 Å². The van der Waals surface area contributed by atoms with E-state index >= 15 is 0 Å². The molecule has 33 heavy (non-hydrogen) atoms. The fourth-order valence-electron chi connectivity index (χ4n) is 3.36. The summed E-state index contributed by atoms with van der Waals surface area (Å²) < 4.78 is 32.3. The summed E-state index contributed by atoms with van der Waals surface area (Å²) in [6, 6.07) is 8.99. The third-order valence-corrected chi connectivity index (χ3v) is 4.57. The van der Waals surface area contributed by atoms with Crippen LogP contribution in [0.15, 0.2) is 30.3 Å². The van der Waals surface area contributed by atoms with Crippen LogP contribution in [0.4, 0.5) is 0 Å². The Morgan fingerprint density at radius 2 is 1.48 bits per heavy atom. The van der Waals surface area contributed by atoms with Gasteiger partial charge in [-0.1, -0.05) is 30.3 Å². The van der Waals surface area contributed by atoms with Gasteiger partial charge in [-0.25, -0.2) is 0 Å². The maximum absolute atomic E-state index is 11.9. The molecule has 0 aromatic heterocycles. The summed E-state index contributed by atoms with van der Waals surface area (Å²) >= 11 is 0. The van der Waals surface area contributed by atoms with Crippen molar-refractivity contribution < 1.29 is 52.7 Å². The standard InChI is InChI=1S/C22H28O11/c1-12(23)28-11-17(30-13(2)24)18-20(31-14(3)25)19(21(22(27)33-18)32-15(4)26)29-10-16-8-6-5-7-9-16/h5-9,17-22,27H,10-11H2,1-4H3/t17-,18-,19+,20-,21-,22?/m1/s1. The van der Waals surface area contributed by atoms with Crippen molar-refractivity contribution in [1.82, 2.24) is 0 Å². The number of ether oxygens (including phenoxy) is 6. The molecule has 0 radical (unpaired) electrons. The summed E-state index contributed by atoms with van der Waals surface area (Å²) in [5.74, 6) is -2.83. The molecule has 1 aromatic rings. The number of hydrogen-bond acceptors (Lipinski definition) is 11. The molecule has 1 unspecified atom stereocenters. The van der Waals surface area contributed by atoms with E-state index in [0.29, 0.717) is 0 Å². The third kappa shape index (κ3) is 8.12. The molecule has 1 aliphatic rings. The molecule has 182 valence electrons. The van der Waals surface area contributed by atoms with Crippen molar-refractivity contribution in [1.29, 1.82) is 0 Å². The van der Waals surface area contributed by atoms with E-state index in [0.717, 1.165) is 33.3 Å². The van der Waals surface area contributed by atoms with Crippen LogP contribution in [0.25, 0.3) is 0 Å². The summed E-state index contributed by atoms with van der Waals surface area (Å²) in [6.07, 6.45) is -8.15. The van der Waals surface area contributed by atoms with E-state index < -0.39 is 67.3 Å². The van der Waals surface area contributed by atoms with E-state index in [1.165, 1.54) is 0 Å². The summed E-state index contributed by atoms with van der Waals surface area (Å²) in [4.78, 5) is 46.5. The molecule has 1 heterocycles. The second-order valence-electron chi connectivity index (χ2n) is 7.35. The molecule has 2 rings (SSSR count). The topological polar surface area (TPSA) is 144 Å². The van der Waals surface area contributed by atoms with Crippen molar-refractivity contribution in [2.24, 2.45) is 0 Å². The molecule has 1 saturated heterocycles. The van der Waals surface area contributed by atoms with Gasteiger partial charge in [-0.3, -0.25) is 19.2 Å². The number of esters is 4. The molecule has 11 heteroatoms. The van der Waals surface area contributed by atoms with Gasteiger partial charge in [0.2, 0.25) is 0 Å². The minimum absolute atomic E-state index is 0.0165. The molecule has 0 bridgehead atoms. The van der Waals surface area contributed by atoms with Crippen LogP contribution in [0.3, 0.4) is 0 Å². The van der Waals surface area contributed by atoms with Crippen LogP contribution in [0, 0.1) is 0 Å². The monoisotopic (exact) mass is 468 g/mol. The lowest BCUT2D eigenvalue weighted by atomic mass is 9.94. The number of aliphatic hydroxyl groups is 1. The molecular formula is C22H28O11. The van der Waals surface area contributed by atoms with Crippen molar-refractivity contribution in [3.05, 3.63) is 35.9 Å². The van der Waals surface area contributed by atoms with Gasteiger partial charge in [0.15, 0.2) is 24.6 Å². The zero-order chi connectivity index (χ0) is 24.5. The molecule has 11 nitrogen and oxygen atoms in total. The van der Waals surface area contributed by atoms with Crippen LogP contribution >= 0.6 is 0 Å². The number of benzene rings is 1. The summed E-state index contributed by atoms with van der Waals surface area (Å²) in [5.41, 5.74) is 0.759. The highest BCUT2D eigenvalue weighted by molar-refractivity contribution is 5.68. The van der Waals surface area contributed by atoms with Crippen molar-refractivity contribution in [2.75, 3.05) is 6.61 Å². The van der Waals surface area contributed by atoms with Crippen LogP contribution in [-0.2, 0) is 54.2 Å². The van der Waals surface area contributed by atoms with E-state index in [-0.39, 0.29) is 6.61 Å². The van der Waals surface area contributed by atoms with Gasteiger partial charge >= 0.3 is 23.9 Å². The van der Waals surface area contributed by atoms with Crippen LogP contribution in [0.2, 0.25) is 0 Å². The average molecular weight is 468 g/mol. The van der Waals surface area contributed by atoms with E-state index in [4.69, 9.17) is 28.4 Å². The Morgan fingerprint density at radius 1 is 0.879 bits per heavy atom. The summed E-state index contributed by atoms with van der Waals surface area (Å²) in [7, 11) is 0. The smallest absolute Gasteiger partial charge is 0.303 e. The minimum atomic E-state index is -1.72. The van der Waals surface area contributed by atoms with E-state index in [9.17, 15) is 24.3 Å². The first-order chi connectivity index (χ1) is 15.6. The lowest BCUT2D eigenvalue weighted by molar-refractivity contribution is -0.312. The van der Waals surface area contributed by atoms with Crippen molar-refractivity contribution in [3.63, 3.8) is 0 Å². The SMILES string of the molecule is CC(=O)OC[C@@H](OC(C)=O)[C@H]1OC(O)[C@H](OC(C)=O)[C@@H](OCc2ccccc2)[C@@H]1OC(C)=O. The zero-order valence-electron chi connectivity index (χ0n) is 18.8. The molecule has 0 aliphatic carbocycles. The van der Waals surface area contributed by atoms with Gasteiger partial charge in [-0.2, -0.15) is 0 Å². The Morgan fingerprint density at radius 3 is 2.03 bits per heavy atom. The van der Waals surface area contributed by atoms with Crippen LogP contribution in [-0.4, -0.2) is 72.4 Å². The maximum Gasteiger partial charge on any atom is 0.303 e. The Labute approximate surface area is 190 Å². The van der Waals surface area contributed by atoms with Crippen molar-refractivity contribution in [2.45, 2.75) is 71.1 Å². The largest absolute Gasteiger partial charge is 0.462 e. The molecule has 1 N–H and O–H groups in total. The molecule has 1 aliphatic heterocycles. The second kappa shape index (κ2) is 12.3. The van der Waals surface area contributed by atoms with E-state index in [1.54, 1.807) is 24.3 Å². The first-order valence-electron chi connectivity index (χ1n) is 10.2. The predicted molar refractivity (Wildman–Crippen MR) is 109 cm³/mol. The predicted octanol–water partition coefficient (Wildman–Crippen LogP) is 0.647. The molecular weight excluding hydrogens is 440 g/mol. The van der Waals surface area contributed by atoms with Crippen LogP contribution in [0.5, 0.6) is 0 Å². The van der Waals surface area contributed by atoms with E-state index in [1.807, 2.05) is 6.07 Å². The second-order valence-corrected chi connectivity index (χ2v) is 7.35. The van der Waals surface area contributed by atoms with Crippen molar-refractivity contribution in [3.8, 4) is 0 Å². The Kier molecular flexibility index (Phi) is 9.76. The molecule has 0 spiro atoms. The number of carbonyl (C=O) groups is 4. The number of hydrogen-bond donors (Lipinski definition) is 1. The fraction of sp³-hybridized carbons (Fsp3) is 0.545. The maximum atomic E-state index is 11.9. The Bertz CT molecular complexity index is 825. The highest BCUT2D eigenvalue weighted by Crippen LogP contribution is 2.31. The number of aliphatic hydroxyl groups excluding tert-OH is 1. The first-order valence-corrected chi connectivity index (χ1v) is 10.2. The van der Waals surface area contributed by atoms with Gasteiger partial charge < -0.3 is 33.5 Å². The highest BCUT2D eigenvalue weighted by atomic mass is 16.7. The highest BCUT2D eigenvalue weighted by Gasteiger charge is 2.53. The molecule has 0 amide bonds. The lowest BCUT2D eigenvalue weighted by Crippen LogP contribution is -2.64. The fourth-order valence-corrected chi connectivity index (χ4v) is 3.36. The summed E-state index contributed by atoms with van der Waals surface area (Å²) in [6.45, 7) is 4.15. The normalized spacial score (nSPS) is 25.4. The zero-order valence-corrected chi connectivity index (χ0v) is 18.8. The van der Waals surface area contributed by atoms with E-state index in [2.05, 4.69) is 0 Å². The van der Waals surface area contributed by atoms with Gasteiger partial charge in [0, 0.05) is 27.7 Å². The third-order valence-electron chi connectivity index (χ3n) is 4.57. The lowest BCUT2D eigenvalue weighted by Gasteiger charge is -2.45. The molecule has 0 saturated carbocycles. The quantitative estimate of drug-likeness (QED) is 0.403.